The zero-order chi connectivity index (χ0) is 62.9. The molecule has 0 aliphatic rings. The quantitative estimate of drug-likeness (QED) is 0.0882. The Balaban J connectivity index is 0.000000409. The number of aromatic amines is 2. The largest absolute Gasteiger partial charge is 0.507 e. The number of aromatic hydroxyl groups is 4. The van der Waals surface area contributed by atoms with Gasteiger partial charge in [0.1, 0.15) is 23.0 Å². The van der Waals surface area contributed by atoms with Crippen LogP contribution in [0, 0.1) is 20.8 Å². The fourth-order valence-corrected chi connectivity index (χ4v) is 11.3. The zero-order valence-electron chi connectivity index (χ0n) is 55.4. The smallest absolute Gasteiger partial charge is 0.333 e. The monoisotopic (exact) mass is 1120 g/mol. The second-order valence-corrected chi connectivity index (χ2v) is 31.8. The summed E-state index contributed by atoms with van der Waals surface area (Å²) in [7, 11) is 0. The Kier molecular flexibility index (Phi) is 18.4. The van der Waals surface area contributed by atoms with E-state index in [0.29, 0.717) is 22.8 Å². The second-order valence-electron chi connectivity index (χ2n) is 31.8. The number of phenols is 4. The van der Waals surface area contributed by atoms with E-state index in [1.165, 1.54) is 50.1 Å². The highest BCUT2D eigenvalue weighted by Gasteiger charge is 2.32. The van der Waals surface area contributed by atoms with Crippen LogP contribution in [0.1, 0.15) is 266 Å². The summed E-state index contributed by atoms with van der Waals surface area (Å²) in [6.45, 7) is 58.1. The van der Waals surface area contributed by atoms with Gasteiger partial charge in [-0.2, -0.15) is 0 Å². The van der Waals surface area contributed by atoms with Gasteiger partial charge in [0.25, 0.3) is 0 Å². The third-order valence-electron chi connectivity index (χ3n) is 16.3. The highest BCUT2D eigenvalue weighted by molar-refractivity contribution is 5.60. The molecule has 0 unspecified atom stereocenters. The standard InChI is InChI=1S/C54H78O3.C18H25N3O4/c1-31-37(22-34-25-40(49(4,5)6)46(55)41(26-34)50(7,8)9)32(2)39(24-36-29-44(53(16,17)18)48(57)45(30-36)54(19,20)21)33(3)38(31)23-35-27-42(51(10,11)12)47(56)43(28-35)52(13,14)15;1-17(2,3)11-7-10(8-12(13(11)22)18(4,5)6)9-21-15(24)19-14(23)20-16(21)25/h25-30,55-57H,22-24H2,1-21H3;7-8,22H,9H2,1-6H3,(H2,19,20,23,24,25). The molecule has 6 N–H and O–H groups in total. The highest BCUT2D eigenvalue weighted by Crippen LogP contribution is 2.46. The topological polar surface area (TPSA) is 169 Å². The number of hydrogen-bond acceptors (Lipinski definition) is 7. The molecule has 6 rings (SSSR count). The van der Waals surface area contributed by atoms with Crippen LogP contribution in [0.2, 0.25) is 0 Å². The van der Waals surface area contributed by atoms with Crippen LogP contribution in [0.25, 0.3) is 0 Å². The van der Waals surface area contributed by atoms with Crippen LogP contribution in [0.4, 0.5) is 0 Å². The Morgan fingerprint density at radius 3 is 0.659 bits per heavy atom. The highest BCUT2D eigenvalue weighted by atomic mass is 16.3. The van der Waals surface area contributed by atoms with Crippen molar-refractivity contribution in [3.63, 3.8) is 0 Å². The van der Waals surface area contributed by atoms with Crippen molar-refractivity contribution >= 4 is 0 Å². The summed E-state index contributed by atoms with van der Waals surface area (Å²) in [5.74, 6) is 1.45. The van der Waals surface area contributed by atoms with E-state index in [9.17, 15) is 34.8 Å². The van der Waals surface area contributed by atoms with Gasteiger partial charge < -0.3 is 20.4 Å². The molecule has 0 aliphatic carbocycles. The van der Waals surface area contributed by atoms with E-state index < -0.39 is 17.1 Å². The number of phenolic OH excluding ortho intramolecular Hbond substituents is 4. The summed E-state index contributed by atoms with van der Waals surface area (Å²) >= 11 is 0. The molecule has 0 bridgehead atoms. The maximum absolute atomic E-state index is 11.9. The first-order valence-electron chi connectivity index (χ1n) is 29.4. The summed E-state index contributed by atoms with van der Waals surface area (Å²) < 4.78 is 0.923. The maximum Gasteiger partial charge on any atom is 0.333 e. The molecule has 6 aromatic rings. The Hall–Kier alpha value is -6.29. The van der Waals surface area contributed by atoms with Gasteiger partial charge >= 0.3 is 17.1 Å². The number of H-pyrrole nitrogens is 2. The van der Waals surface area contributed by atoms with Crippen molar-refractivity contribution < 1.29 is 20.4 Å². The molecule has 0 radical (unpaired) electrons. The maximum atomic E-state index is 11.9. The van der Waals surface area contributed by atoms with Crippen molar-refractivity contribution in [1.82, 2.24) is 14.5 Å². The van der Waals surface area contributed by atoms with E-state index in [1.807, 2.05) is 51.5 Å². The lowest BCUT2D eigenvalue weighted by Crippen LogP contribution is -2.43. The summed E-state index contributed by atoms with van der Waals surface area (Å²) in [6.07, 6.45) is 2.24. The van der Waals surface area contributed by atoms with E-state index in [-0.39, 0.29) is 55.6 Å². The number of rotatable bonds is 8. The van der Waals surface area contributed by atoms with Crippen LogP contribution in [-0.2, 0) is 69.1 Å². The molecule has 1 aromatic heterocycles. The number of nitrogens with zero attached hydrogens (tertiary/aromatic N) is 1. The van der Waals surface area contributed by atoms with Crippen LogP contribution in [-0.4, -0.2) is 35.0 Å². The SMILES string of the molecule is CC(C)(C)c1cc(Cn2c(=O)[nH]c(=O)[nH]c2=O)cc(C(C)(C)C)c1O.Cc1c(Cc2cc(C(C)(C)C)c(O)c(C(C)(C)C)c2)c(C)c(Cc2cc(C(C)(C)C)c(O)c(C(C)(C)C)c2)c(C)c1Cc1cc(C(C)(C)C)c(O)c(C(C)(C)C)c1. The van der Waals surface area contributed by atoms with Gasteiger partial charge in [-0.3, -0.25) is 9.97 Å². The van der Waals surface area contributed by atoms with Crippen LogP contribution < -0.4 is 17.1 Å². The number of nitrogens with one attached hydrogen (secondary N) is 2. The van der Waals surface area contributed by atoms with Crippen molar-refractivity contribution in [2.24, 2.45) is 0 Å². The van der Waals surface area contributed by atoms with Gasteiger partial charge in [-0.25, -0.2) is 19.0 Å². The Bertz CT molecular complexity index is 3120. The molecular formula is C72H103N3O7. The zero-order valence-corrected chi connectivity index (χ0v) is 55.4. The minimum atomic E-state index is -0.831. The number of aromatic nitrogens is 3. The molecular weight excluding hydrogens is 1020 g/mol. The molecule has 0 atom stereocenters. The Morgan fingerprint density at radius 1 is 0.317 bits per heavy atom. The number of hydrogen-bond donors (Lipinski definition) is 6. The predicted octanol–water partition coefficient (Wildman–Crippen LogP) is 15.9. The van der Waals surface area contributed by atoms with Gasteiger partial charge in [0.15, 0.2) is 0 Å². The molecule has 1 heterocycles. The Morgan fingerprint density at radius 2 is 0.488 bits per heavy atom. The molecule has 0 saturated carbocycles. The van der Waals surface area contributed by atoms with Crippen LogP contribution >= 0.6 is 0 Å². The van der Waals surface area contributed by atoms with Crippen LogP contribution in [0.15, 0.2) is 62.9 Å². The third-order valence-corrected chi connectivity index (χ3v) is 16.3. The predicted molar refractivity (Wildman–Crippen MR) is 342 cm³/mol. The van der Waals surface area contributed by atoms with Crippen molar-refractivity contribution in [1.29, 1.82) is 0 Å². The van der Waals surface area contributed by atoms with Gasteiger partial charge in [-0.05, 0) is 196 Å². The molecule has 82 heavy (non-hydrogen) atoms. The van der Waals surface area contributed by atoms with E-state index in [4.69, 9.17) is 0 Å². The van der Waals surface area contributed by atoms with Crippen molar-refractivity contribution in [3.8, 4) is 23.0 Å². The first-order valence-corrected chi connectivity index (χ1v) is 29.4. The molecule has 0 amide bonds. The normalized spacial score (nSPS) is 13.1. The van der Waals surface area contributed by atoms with Gasteiger partial charge in [-0.15, -0.1) is 0 Å². The first-order chi connectivity index (χ1) is 36.8. The van der Waals surface area contributed by atoms with Gasteiger partial charge in [0, 0.05) is 0 Å². The van der Waals surface area contributed by atoms with Crippen LogP contribution in [0.5, 0.6) is 23.0 Å². The van der Waals surface area contributed by atoms with Crippen molar-refractivity contribution in [3.05, 3.63) is 180 Å². The molecule has 10 nitrogen and oxygen atoms in total. The first kappa shape index (κ1) is 66.5. The molecule has 0 spiro atoms. The minimum Gasteiger partial charge on any atom is -0.507 e. The van der Waals surface area contributed by atoms with Gasteiger partial charge in [0.05, 0.1) is 6.54 Å². The van der Waals surface area contributed by atoms with Crippen LogP contribution in [0.3, 0.4) is 0 Å². The van der Waals surface area contributed by atoms with E-state index in [0.717, 1.165) is 68.3 Å². The summed E-state index contributed by atoms with van der Waals surface area (Å²) in [6, 6.07) is 17.0. The van der Waals surface area contributed by atoms with E-state index in [1.54, 1.807) is 12.1 Å². The second kappa shape index (κ2) is 22.7. The molecule has 448 valence electrons. The summed E-state index contributed by atoms with van der Waals surface area (Å²) in [5, 5.41) is 45.6. The summed E-state index contributed by atoms with van der Waals surface area (Å²) in [5.41, 5.74) is 15.2. The lowest BCUT2D eigenvalue weighted by molar-refractivity contribution is 0.421. The third kappa shape index (κ3) is 14.9. The number of benzene rings is 5. The average molecular weight is 1120 g/mol. The van der Waals surface area contributed by atoms with Crippen molar-refractivity contribution in [2.75, 3.05) is 0 Å². The van der Waals surface area contributed by atoms with Gasteiger partial charge in [0.2, 0.25) is 0 Å². The molecule has 10 heteroatoms. The average Bonchev–Trinajstić information content (AvgIpc) is 3.32. The summed E-state index contributed by atoms with van der Waals surface area (Å²) in [4.78, 5) is 39.1. The molecule has 0 fully saturated rings. The fourth-order valence-electron chi connectivity index (χ4n) is 11.3. The molecule has 5 aromatic carbocycles. The molecule has 0 saturated heterocycles. The fraction of sp³-hybridized carbons (Fsp3) is 0.542. The lowest BCUT2D eigenvalue weighted by Gasteiger charge is -2.30. The van der Waals surface area contributed by atoms with E-state index >= 15 is 0 Å². The molecule has 0 aliphatic heterocycles. The minimum absolute atomic E-state index is 0.00259. The van der Waals surface area contributed by atoms with E-state index in [2.05, 4.69) is 182 Å². The van der Waals surface area contributed by atoms with Crippen molar-refractivity contribution in [2.45, 2.75) is 256 Å². The Labute approximate surface area is 491 Å². The van der Waals surface area contributed by atoms with Gasteiger partial charge in [-0.1, -0.05) is 203 Å². The lowest BCUT2D eigenvalue weighted by atomic mass is 9.75.